The van der Waals surface area contributed by atoms with Crippen molar-refractivity contribution in [3.8, 4) is 5.75 Å². The van der Waals surface area contributed by atoms with Crippen LogP contribution in [0.15, 0.2) is 12.1 Å². The maximum absolute atomic E-state index is 12.6. The number of carbonyl (C=O) groups excluding carboxylic acids is 1. The van der Waals surface area contributed by atoms with Gasteiger partial charge in [0, 0.05) is 18.2 Å². The van der Waals surface area contributed by atoms with Crippen molar-refractivity contribution in [3.63, 3.8) is 0 Å². The number of ether oxygens (including phenoxy) is 1. The lowest BCUT2D eigenvalue weighted by Crippen LogP contribution is -2.38. The van der Waals surface area contributed by atoms with Gasteiger partial charge in [0.25, 0.3) is 5.91 Å². The van der Waals surface area contributed by atoms with E-state index in [4.69, 9.17) is 9.84 Å². The van der Waals surface area contributed by atoms with E-state index in [0.29, 0.717) is 5.56 Å². The SMILES string of the molecule is COc1c(C)cc(C(=O)N(CCC(=O)O)C(C)C)cc1C. The Hall–Kier alpha value is -2.04. The Morgan fingerprint density at radius 2 is 1.76 bits per heavy atom. The summed E-state index contributed by atoms with van der Waals surface area (Å²) in [7, 11) is 1.60. The van der Waals surface area contributed by atoms with Crippen LogP contribution in [0.4, 0.5) is 0 Å². The van der Waals surface area contributed by atoms with E-state index in [1.165, 1.54) is 0 Å². The van der Waals surface area contributed by atoms with Gasteiger partial charge in [0.15, 0.2) is 0 Å². The molecular weight excluding hydrogens is 270 g/mol. The number of carboxylic acids is 1. The molecule has 0 radical (unpaired) electrons. The summed E-state index contributed by atoms with van der Waals surface area (Å²) in [5.74, 6) is -0.288. The van der Waals surface area contributed by atoms with Gasteiger partial charge in [0.05, 0.1) is 13.5 Å². The second-order valence-corrected chi connectivity index (χ2v) is 5.38. The zero-order chi connectivity index (χ0) is 16.2. The highest BCUT2D eigenvalue weighted by molar-refractivity contribution is 5.95. The van der Waals surface area contributed by atoms with E-state index in [2.05, 4.69) is 0 Å². The first-order valence-electron chi connectivity index (χ1n) is 6.96. The predicted molar refractivity (Wildman–Crippen MR) is 80.9 cm³/mol. The summed E-state index contributed by atoms with van der Waals surface area (Å²) in [4.78, 5) is 24.9. The summed E-state index contributed by atoms with van der Waals surface area (Å²) in [6.07, 6.45) is -0.0575. The molecule has 116 valence electrons. The Bertz CT molecular complexity index is 514. The van der Waals surface area contributed by atoms with Gasteiger partial charge < -0.3 is 14.7 Å². The van der Waals surface area contributed by atoms with E-state index in [0.717, 1.165) is 16.9 Å². The van der Waals surface area contributed by atoms with Crippen molar-refractivity contribution < 1.29 is 19.4 Å². The third-order valence-electron chi connectivity index (χ3n) is 3.36. The number of aliphatic carboxylic acids is 1. The molecule has 0 saturated carbocycles. The van der Waals surface area contributed by atoms with E-state index in [9.17, 15) is 9.59 Å². The first-order valence-corrected chi connectivity index (χ1v) is 6.96. The smallest absolute Gasteiger partial charge is 0.305 e. The molecule has 1 aromatic rings. The molecule has 0 aromatic heterocycles. The molecule has 0 bridgehead atoms. The topological polar surface area (TPSA) is 66.8 Å². The van der Waals surface area contributed by atoms with Gasteiger partial charge in [-0.15, -0.1) is 0 Å². The minimum Gasteiger partial charge on any atom is -0.496 e. The van der Waals surface area contributed by atoms with Crippen molar-refractivity contribution in [2.24, 2.45) is 0 Å². The molecule has 0 saturated heterocycles. The fourth-order valence-electron chi connectivity index (χ4n) is 2.37. The third-order valence-corrected chi connectivity index (χ3v) is 3.36. The molecule has 0 atom stereocenters. The Kier molecular flexibility index (Phi) is 5.76. The first-order chi connectivity index (χ1) is 9.77. The van der Waals surface area contributed by atoms with Gasteiger partial charge in [-0.3, -0.25) is 9.59 Å². The van der Waals surface area contributed by atoms with E-state index in [-0.39, 0.29) is 24.9 Å². The minimum absolute atomic E-state index is 0.0560. The third kappa shape index (κ3) is 4.21. The molecule has 0 aliphatic carbocycles. The van der Waals surface area contributed by atoms with Gasteiger partial charge in [-0.25, -0.2) is 0 Å². The van der Waals surface area contributed by atoms with Crippen molar-refractivity contribution >= 4 is 11.9 Å². The number of carboxylic acid groups (broad SMARTS) is 1. The summed E-state index contributed by atoms with van der Waals surface area (Å²) in [6, 6.07) is 3.51. The van der Waals surface area contributed by atoms with Crippen LogP contribution in [0.5, 0.6) is 5.75 Å². The van der Waals surface area contributed by atoms with Crippen LogP contribution in [0, 0.1) is 13.8 Å². The monoisotopic (exact) mass is 293 g/mol. The van der Waals surface area contributed by atoms with Crippen LogP contribution in [-0.2, 0) is 4.79 Å². The van der Waals surface area contributed by atoms with E-state index in [1.54, 1.807) is 24.1 Å². The predicted octanol–water partition coefficient (Wildman–Crippen LogP) is 2.64. The fraction of sp³-hybridized carbons (Fsp3) is 0.500. The highest BCUT2D eigenvalue weighted by atomic mass is 16.5. The number of amides is 1. The number of hydrogen-bond acceptors (Lipinski definition) is 3. The van der Waals surface area contributed by atoms with E-state index < -0.39 is 5.97 Å². The minimum atomic E-state index is -0.907. The molecule has 0 spiro atoms. The fourth-order valence-corrected chi connectivity index (χ4v) is 2.37. The maximum atomic E-state index is 12.6. The summed E-state index contributed by atoms with van der Waals surface area (Å²) in [5, 5.41) is 8.80. The highest BCUT2D eigenvalue weighted by Crippen LogP contribution is 2.25. The second kappa shape index (κ2) is 7.11. The van der Waals surface area contributed by atoms with Gasteiger partial charge in [0.1, 0.15) is 5.75 Å². The molecule has 1 rings (SSSR count). The van der Waals surface area contributed by atoms with E-state index in [1.807, 2.05) is 27.7 Å². The van der Waals surface area contributed by atoms with Gasteiger partial charge in [-0.1, -0.05) is 0 Å². The molecule has 0 heterocycles. The van der Waals surface area contributed by atoms with Crippen LogP contribution in [0.1, 0.15) is 41.8 Å². The molecule has 21 heavy (non-hydrogen) atoms. The van der Waals surface area contributed by atoms with Crippen LogP contribution in [0.2, 0.25) is 0 Å². The van der Waals surface area contributed by atoms with Crippen LogP contribution in [0.3, 0.4) is 0 Å². The van der Waals surface area contributed by atoms with Gasteiger partial charge >= 0.3 is 5.97 Å². The summed E-state index contributed by atoms with van der Waals surface area (Å²) in [6.45, 7) is 7.74. The number of nitrogens with zero attached hydrogens (tertiary/aromatic N) is 1. The number of carbonyl (C=O) groups is 2. The van der Waals surface area contributed by atoms with Crippen molar-refractivity contribution in [2.45, 2.75) is 40.2 Å². The lowest BCUT2D eigenvalue weighted by atomic mass is 10.0. The first kappa shape index (κ1) is 17.0. The largest absolute Gasteiger partial charge is 0.496 e. The van der Waals surface area contributed by atoms with Crippen LogP contribution in [-0.4, -0.2) is 41.6 Å². The lowest BCUT2D eigenvalue weighted by Gasteiger charge is -2.26. The zero-order valence-electron chi connectivity index (χ0n) is 13.3. The van der Waals surface area contributed by atoms with Gasteiger partial charge in [0.2, 0.25) is 0 Å². The van der Waals surface area contributed by atoms with Crippen molar-refractivity contribution in [1.29, 1.82) is 0 Å². The van der Waals surface area contributed by atoms with Gasteiger partial charge in [-0.05, 0) is 51.0 Å². The molecule has 0 fully saturated rings. The molecule has 1 N–H and O–H groups in total. The second-order valence-electron chi connectivity index (χ2n) is 5.38. The molecule has 0 aliphatic heterocycles. The summed E-state index contributed by atoms with van der Waals surface area (Å²) in [5.41, 5.74) is 2.34. The summed E-state index contributed by atoms with van der Waals surface area (Å²) >= 11 is 0. The number of aryl methyl sites for hydroxylation is 2. The maximum Gasteiger partial charge on any atom is 0.305 e. The standard InChI is InChI=1S/C16H23NO4/c1-10(2)17(7-6-14(18)19)16(20)13-8-11(3)15(21-5)12(4)9-13/h8-10H,6-7H2,1-5H3,(H,18,19). The summed E-state index contributed by atoms with van der Waals surface area (Å²) < 4.78 is 5.29. The molecule has 1 aromatic carbocycles. The molecular formula is C16H23NO4. The van der Waals surface area contributed by atoms with Crippen molar-refractivity contribution in [2.75, 3.05) is 13.7 Å². The van der Waals surface area contributed by atoms with Gasteiger partial charge in [-0.2, -0.15) is 0 Å². The Balaban J connectivity index is 3.06. The number of methoxy groups -OCH3 is 1. The van der Waals surface area contributed by atoms with Crippen molar-refractivity contribution in [3.05, 3.63) is 28.8 Å². The van der Waals surface area contributed by atoms with Crippen LogP contribution < -0.4 is 4.74 Å². The Morgan fingerprint density at radius 1 is 1.24 bits per heavy atom. The highest BCUT2D eigenvalue weighted by Gasteiger charge is 2.21. The van der Waals surface area contributed by atoms with Crippen molar-refractivity contribution in [1.82, 2.24) is 4.90 Å². The number of rotatable bonds is 6. The average molecular weight is 293 g/mol. The quantitative estimate of drug-likeness (QED) is 0.875. The lowest BCUT2D eigenvalue weighted by molar-refractivity contribution is -0.137. The zero-order valence-corrected chi connectivity index (χ0v) is 13.3. The Labute approximate surface area is 125 Å². The van der Waals surface area contributed by atoms with Crippen LogP contribution in [0.25, 0.3) is 0 Å². The normalized spacial score (nSPS) is 10.6. The average Bonchev–Trinajstić information content (AvgIpc) is 2.37. The van der Waals surface area contributed by atoms with E-state index >= 15 is 0 Å². The Morgan fingerprint density at radius 3 is 2.14 bits per heavy atom. The molecule has 1 amide bonds. The number of benzene rings is 1. The molecule has 5 heteroatoms. The molecule has 5 nitrogen and oxygen atoms in total. The van der Waals surface area contributed by atoms with Crippen LogP contribution >= 0.6 is 0 Å². The molecule has 0 unspecified atom stereocenters. The molecule has 0 aliphatic rings. The number of hydrogen-bond donors (Lipinski definition) is 1.